The van der Waals surface area contributed by atoms with E-state index in [4.69, 9.17) is 0 Å². The molecule has 1 N–H and O–H groups in total. The fourth-order valence-electron chi connectivity index (χ4n) is 2.97. The lowest BCUT2D eigenvalue weighted by Crippen LogP contribution is -2.22. The minimum absolute atomic E-state index is 0.0522. The van der Waals surface area contributed by atoms with Gasteiger partial charge in [0.2, 0.25) is 5.91 Å². The van der Waals surface area contributed by atoms with Gasteiger partial charge in [0, 0.05) is 12.2 Å². The van der Waals surface area contributed by atoms with Crippen molar-refractivity contribution in [3.05, 3.63) is 60.0 Å². The number of amides is 1. The molecule has 7 heteroatoms. The summed E-state index contributed by atoms with van der Waals surface area (Å²) >= 11 is 3.06. The largest absolute Gasteiger partial charge is 0.325 e. The molecule has 1 atom stereocenters. The molecule has 0 radical (unpaired) electrons. The maximum absolute atomic E-state index is 12.7. The Morgan fingerprint density at radius 3 is 2.71 bits per heavy atom. The summed E-state index contributed by atoms with van der Waals surface area (Å²) in [6.45, 7) is 4.70. The van der Waals surface area contributed by atoms with Crippen LogP contribution in [0.5, 0.6) is 0 Å². The number of hydrogen-bond acceptors (Lipinski definition) is 5. The highest BCUT2D eigenvalue weighted by Gasteiger charge is 2.20. The van der Waals surface area contributed by atoms with Crippen molar-refractivity contribution >= 4 is 45.5 Å². The molecule has 1 unspecified atom stereocenters. The van der Waals surface area contributed by atoms with Crippen LogP contribution in [-0.2, 0) is 11.3 Å². The molecule has 0 spiro atoms. The Hall–Kier alpha value is -2.64. The monoisotopic (exact) mass is 408 g/mol. The number of carbonyl (C=O) groups is 1. The van der Waals surface area contributed by atoms with Gasteiger partial charge in [0.1, 0.15) is 0 Å². The second-order valence-corrected chi connectivity index (χ2v) is 8.59. The van der Waals surface area contributed by atoms with Crippen molar-refractivity contribution in [2.24, 2.45) is 0 Å². The molecule has 5 nitrogen and oxygen atoms in total. The Bertz CT molecular complexity index is 1100. The van der Waals surface area contributed by atoms with E-state index in [1.807, 2.05) is 60.8 Å². The van der Waals surface area contributed by atoms with E-state index >= 15 is 0 Å². The molecule has 1 amide bonds. The molecule has 0 saturated heterocycles. The quantitative estimate of drug-likeness (QED) is 0.440. The molecule has 142 valence electrons. The van der Waals surface area contributed by atoms with E-state index < -0.39 is 0 Å². The van der Waals surface area contributed by atoms with E-state index in [9.17, 15) is 4.79 Å². The van der Waals surface area contributed by atoms with Crippen molar-refractivity contribution in [2.75, 3.05) is 5.32 Å². The first-order valence-corrected chi connectivity index (χ1v) is 10.8. The molecule has 4 rings (SSSR count). The molecule has 0 bridgehead atoms. The molecular formula is C21H20N4OS2. The number of thiophene rings is 1. The highest BCUT2D eigenvalue weighted by Crippen LogP contribution is 2.29. The number of rotatable bonds is 6. The molecule has 2 heterocycles. The third kappa shape index (κ3) is 3.81. The standard InChI is InChI=1S/C21H20N4OS2/c1-3-25-19(18-9-6-12-27-18)23-24-21(25)28-14(2)20(26)22-17-11-10-15-7-4-5-8-16(15)13-17/h4-14H,3H2,1-2H3,(H,22,26). The Kier molecular flexibility index (Phi) is 5.45. The number of aromatic nitrogens is 3. The van der Waals surface area contributed by atoms with E-state index in [0.717, 1.165) is 38.9 Å². The maximum atomic E-state index is 12.7. The third-order valence-electron chi connectivity index (χ3n) is 4.44. The zero-order valence-corrected chi connectivity index (χ0v) is 17.3. The van der Waals surface area contributed by atoms with E-state index in [0.29, 0.717) is 0 Å². The third-order valence-corrected chi connectivity index (χ3v) is 6.39. The normalized spacial score (nSPS) is 12.2. The second-order valence-electron chi connectivity index (χ2n) is 6.34. The first-order valence-electron chi connectivity index (χ1n) is 9.09. The molecule has 0 aliphatic carbocycles. The first kappa shape index (κ1) is 18.7. The lowest BCUT2D eigenvalue weighted by Gasteiger charge is -2.13. The highest BCUT2D eigenvalue weighted by atomic mass is 32.2. The summed E-state index contributed by atoms with van der Waals surface area (Å²) in [5.74, 6) is 0.797. The molecule has 2 aromatic carbocycles. The number of nitrogens with one attached hydrogen (secondary N) is 1. The smallest absolute Gasteiger partial charge is 0.237 e. The molecule has 4 aromatic rings. The SMILES string of the molecule is CCn1c(SC(C)C(=O)Nc2ccc3ccccc3c2)nnc1-c1cccs1. The average Bonchev–Trinajstić information content (AvgIpc) is 3.37. The van der Waals surface area contributed by atoms with Crippen molar-refractivity contribution < 1.29 is 4.79 Å². The molecular weight excluding hydrogens is 388 g/mol. The predicted molar refractivity (Wildman–Crippen MR) is 117 cm³/mol. The molecule has 28 heavy (non-hydrogen) atoms. The Morgan fingerprint density at radius 1 is 1.14 bits per heavy atom. The Morgan fingerprint density at radius 2 is 1.96 bits per heavy atom. The van der Waals surface area contributed by atoms with Crippen LogP contribution in [0.15, 0.2) is 65.1 Å². The van der Waals surface area contributed by atoms with Gasteiger partial charge in [0.15, 0.2) is 11.0 Å². The fourth-order valence-corrected chi connectivity index (χ4v) is 4.60. The topological polar surface area (TPSA) is 59.8 Å². The van der Waals surface area contributed by atoms with E-state index in [1.165, 1.54) is 11.8 Å². The van der Waals surface area contributed by atoms with E-state index in [2.05, 4.69) is 33.1 Å². The lowest BCUT2D eigenvalue weighted by molar-refractivity contribution is -0.115. The van der Waals surface area contributed by atoms with Gasteiger partial charge in [-0.2, -0.15) is 0 Å². The van der Waals surface area contributed by atoms with Gasteiger partial charge in [-0.15, -0.1) is 21.5 Å². The van der Waals surface area contributed by atoms with Gasteiger partial charge in [-0.25, -0.2) is 0 Å². The van der Waals surface area contributed by atoms with Crippen molar-refractivity contribution in [2.45, 2.75) is 30.8 Å². The van der Waals surface area contributed by atoms with Crippen LogP contribution in [-0.4, -0.2) is 25.9 Å². The van der Waals surface area contributed by atoms with Crippen molar-refractivity contribution in [3.63, 3.8) is 0 Å². The molecule has 0 aliphatic rings. The van der Waals surface area contributed by atoms with Crippen LogP contribution in [0.4, 0.5) is 5.69 Å². The Labute approximate surface area is 171 Å². The molecule has 0 aliphatic heterocycles. The summed E-state index contributed by atoms with van der Waals surface area (Å²) in [6.07, 6.45) is 0. The zero-order chi connectivity index (χ0) is 19.5. The number of carbonyl (C=O) groups excluding carboxylic acids is 1. The van der Waals surface area contributed by atoms with Crippen molar-refractivity contribution in [1.82, 2.24) is 14.8 Å². The maximum Gasteiger partial charge on any atom is 0.237 e. The minimum atomic E-state index is -0.294. The number of nitrogens with zero attached hydrogens (tertiary/aromatic N) is 3. The molecule has 2 aromatic heterocycles. The zero-order valence-electron chi connectivity index (χ0n) is 15.6. The Balaban J connectivity index is 1.48. The first-order chi connectivity index (χ1) is 13.7. The number of benzene rings is 2. The second kappa shape index (κ2) is 8.16. The minimum Gasteiger partial charge on any atom is -0.325 e. The van der Waals surface area contributed by atoms with Crippen LogP contribution in [0.1, 0.15) is 13.8 Å². The number of anilines is 1. The van der Waals surface area contributed by atoms with Crippen LogP contribution >= 0.6 is 23.1 Å². The summed E-state index contributed by atoms with van der Waals surface area (Å²) in [4.78, 5) is 13.8. The van der Waals surface area contributed by atoms with Gasteiger partial charge in [0.05, 0.1) is 10.1 Å². The van der Waals surface area contributed by atoms with Crippen LogP contribution < -0.4 is 5.32 Å². The van der Waals surface area contributed by atoms with E-state index in [1.54, 1.807) is 11.3 Å². The molecule has 0 saturated carbocycles. The summed E-state index contributed by atoms with van der Waals surface area (Å²) in [6, 6.07) is 18.1. The fraction of sp³-hybridized carbons (Fsp3) is 0.190. The van der Waals surface area contributed by atoms with Gasteiger partial charge in [-0.1, -0.05) is 48.2 Å². The lowest BCUT2D eigenvalue weighted by atomic mass is 10.1. The summed E-state index contributed by atoms with van der Waals surface area (Å²) in [7, 11) is 0. The van der Waals surface area contributed by atoms with Gasteiger partial charge in [0.25, 0.3) is 0 Å². The van der Waals surface area contributed by atoms with Gasteiger partial charge in [-0.3, -0.25) is 4.79 Å². The van der Waals surface area contributed by atoms with Crippen LogP contribution in [0, 0.1) is 0 Å². The van der Waals surface area contributed by atoms with Crippen molar-refractivity contribution in [3.8, 4) is 10.7 Å². The number of hydrogen-bond donors (Lipinski definition) is 1. The van der Waals surface area contributed by atoms with Crippen molar-refractivity contribution in [1.29, 1.82) is 0 Å². The van der Waals surface area contributed by atoms with Gasteiger partial charge < -0.3 is 9.88 Å². The summed E-state index contributed by atoms with van der Waals surface area (Å²) in [5, 5.41) is 16.4. The summed E-state index contributed by atoms with van der Waals surface area (Å²) < 4.78 is 2.05. The summed E-state index contributed by atoms with van der Waals surface area (Å²) in [5.41, 5.74) is 0.799. The average molecular weight is 409 g/mol. The molecule has 0 fully saturated rings. The van der Waals surface area contributed by atoms with Crippen LogP contribution in [0.3, 0.4) is 0 Å². The van der Waals surface area contributed by atoms with Gasteiger partial charge in [-0.05, 0) is 48.2 Å². The van der Waals surface area contributed by atoms with E-state index in [-0.39, 0.29) is 11.2 Å². The van der Waals surface area contributed by atoms with Crippen LogP contribution in [0.25, 0.3) is 21.5 Å². The number of fused-ring (bicyclic) bond motifs is 1. The predicted octanol–water partition coefficient (Wildman–Crippen LogP) is 5.30. The number of thioether (sulfide) groups is 1. The van der Waals surface area contributed by atoms with Gasteiger partial charge >= 0.3 is 0 Å². The van der Waals surface area contributed by atoms with Crippen LogP contribution in [0.2, 0.25) is 0 Å². The highest BCUT2D eigenvalue weighted by molar-refractivity contribution is 8.00.